The maximum atomic E-state index is 12.4. The summed E-state index contributed by atoms with van der Waals surface area (Å²) >= 11 is 0. The highest BCUT2D eigenvalue weighted by Crippen LogP contribution is 2.28. The van der Waals surface area contributed by atoms with Gasteiger partial charge in [-0.05, 0) is 36.6 Å². The summed E-state index contributed by atoms with van der Waals surface area (Å²) in [6, 6.07) is 15.2. The quantitative estimate of drug-likeness (QED) is 0.741. The van der Waals surface area contributed by atoms with E-state index in [1.165, 1.54) is 6.92 Å². The van der Waals surface area contributed by atoms with Gasteiger partial charge in [-0.3, -0.25) is 9.59 Å². The van der Waals surface area contributed by atoms with E-state index in [4.69, 9.17) is 4.74 Å². The molecule has 0 fully saturated rings. The summed E-state index contributed by atoms with van der Waals surface area (Å²) < 4.78 is 5.53. The molecule has 0 atom stereocenters. The van der Waals surface area contributed by atoms with E-state index in [2.05, 4.69) is 19.2 Å². The van der Waals surface area contributed by atoms with Gasteiger partial charge in [0.2, 0.25) is 11.8 Å². The predicted octanol–water partition coefficient (Wildman–Crippen LogP) is 4.59. The lowest BCUT2D eigenvalue weighted by molar-refractivity contribution is -0.117. The Morgan fingerprint density at radius 3 is 2.41 bits per heavy atom. The highest BCUT2D eigenvalue weighted by atomic mass is 16.5. The number of carbonyl (C=O) groups excluding carboxylic acids is 2. The Bertz CT molecular complexity index is 787. The number of nitrogens with one attached hydrogen (secondary N) is 1. The fraction of sp³-hybridized carbons (Fsp3) is 0.364. The van der Waals surface area contributed by atoms with Crippen molar-refractivity contribution in [1.82, 2.24) is 0 Å². The molecule has 0 saturated heterocycles. The van der Waals surface area contributed by atoms with Gasteiger partial charge in [0.15, 0.2) is 0 Å². The second-order valence-corrected chi connectivity index (χ2v) is 6.61. The number of hydrogen-bond donors (Lipinski definition) is 1. The van der Waals surface area contributed by atoms with E-state index in [0.29, 0.717) is 24.6 Å². The van der Waals surface area contributed by atoms with Gasteiger partial charge >= 0.3 is 0 Å². The van der Waals surface area contributed by atoms with E-state index in [-0.39, 0.29) is 24.2 Å². The van der Waals surface area contributed by atoms with Gasteiger partial charge in [0, 0.05) is 25.6 Å². The molecule has 0 aliphatic heterocycles. The molecule has 5 nitrogen and oxygen atoms in total. The van der Waals surface area contributed by atoms with E-state index in [1.807, 2.05) is 49.4 Å². The van der Waals surface area contributed by atoms with Crippen LogP contribution in [-0.2, 0) is 9.59 Å². The van der Waals surface area contributed by atoms with Crippen molar-refractivity contribution in [2.75, 3.05) is 23.4 Å². The molecular formula is C22H28N2O3. The summed E-state index contributed by atoms with van der Waals surface area (Å²) in [7, 11) is 0. The molecule has 0 spiro atoms. The molecule has 0 aliphatic rings. The molecule has 2 amide bonds. The lowest BCUT2D eigenvalue weighted by Crippen LogP contribution is -2.32. The van der Waals surface area contributed by atoms with Crippen LogP contribution in [0.25, 0.3) is 0 Å². The van der Waals surface area contributed by atoms with Crippen LogP contribution in [0.4, 0.5) is 11.4 Å². The van der Waals surface area contributed by atoms with Gasteiger partial charge in [0.05, 0.1) is 12.3 Å². The Hall–Kier alpha value is -2.82. The molecule has 0 heterocycles. The minimum absolute atomic E-state index is 0.0781. The molecule has 5 heteroatoms. The van der Waals surface area contributed by atoms with Crippen LogP contribution in [0, 0.1) is 0 Å². The van der Waals surface area contributed by atoms with E-state index in [1.54, 1.807) is 11.0 Å². The highest BCUT2D eigenvalue weighted by Gasteiger charge is 2.18. The van der Waals surface area contributed by atoms with Gasteiger partial charge < -0.3 is 15.0 Å². The van der Waals surface area contributed by atoms with E-state index in [9.17, 15) is 9.59 Å². The van der Waals surface area contributed by atoms with Crippen LogP contribution in [0.3, 0.4) is 0 Å². The number of rotatable bonds is 8. The van der Waals surface area contributed by atoms with Gasteiger partial charge in [-0.1, -0.05) is 44.2 Å². The number of amides is 2. The lowest BCUT2D eigenvalue weighted by atomic mass is 10.0. The van der Waals surface area contributed by atoms with Crippen LogP contribution in [0.1, 0.15) is 45.6 Å². The summed E-state index contributed by atoms with van der Waals surface area (Å²) in [5.41, 5.74) is 2.60. The summed E-state index contributed by atoms with van der Waals surface area (Å²) in [6.45, 7) is 8.45. The van der Waals surface area contributed by atoms with Crippen molar-refractivity contribution < 1.29 is 14.3 Å². The third kappa shape index (κ3) is 5.58. The highest BCUT2D eigenvalue weighted by molar-refractivity contribution is 5.96. The average Bonchev–Trinajstić information content (AvgIpc) is 2.63. The number of para-hydroxylation sites is 3. The van der Waals surface area contributed by atoms with Gasteiger partial charge in [-0.15, -0.1) is 0 Å². The lowest BCUT2D eigenvalue weighted by Gasteiger charge is -2.25. The molecular weight excluding hydrogens is 340 g/mol. The van der Waals surface area contributed by atoms with Gasteiger partial charge in [0.1, 0.15) is 5.75 Å². The largest absolute Gasteiger partial charge is 0.492 e. The third-order valence-electron chi connectivity index (χ3n) is 4.25. The standard InChI is InChI=1S/C22H28N2O3/c1-5-27-21-13-9-7-11-19(21)23-22(26)14-15-24(17(4)25)20-12-8-6-10-18(20)16(2)3/h6-13,16H,5,14-15H2,1-4H3,(H,23,26). The minimum Gasteiger partial charge on any atom is -0.492 e. The van der Waals surface area contributed by atoms with Crippen molar-refractivity contribution in [2.24, 2.45) is 0 Å². The first-order chi connectivity index (χ1) is 12.9. The SMILES string of the molecule is CCOc1ccccc1NC(=O)CCN(C(C)=O)c1ccccc1C(C)C. The summed E-state index contributed by atoms with van der Waals surface area (Å²) in [5, 5.41) is 2.88. The number of nitrogens with zero attached hydrogens (tertiary/aromatic N) is 1. The molecule has 2 aromatic carbocycles. The second kappa shape index (κ2) is 9.76. The Kier molecular flexibility index (Phi) is 7.41. The molecule has 0 aliphatic carbocycles. The molecule has 0 aromatic heterocycles. The number of anilines is 2. The van der Waals surface area contributed by atoms with Gasteiger partial charge in [0.25, 0.3) is 0 Å². The molecule has 0 saturated carbocycles. The molecule has 2 rings (SSSR count). The number of benzene rings is 2. The predicted molar refractivity (Wildman–Crippen MR) is 109 cm³/mol. The van der Waals surface area contributed by atoms with Gasteiger partial charge in [-0.25, -0.2) is 0 Å². The smallest absolute Gasteiger partial charge is 0.226 e. The first-order valence-electron chi connectivity index (χ1n) is 9.32. The van der Waals surface area contributed by atoms with E-state index >= 15 is 0 Å². The maximum Gasteiger partial charge on any atom is 0.226 e. The van der Waals surface area contributed by atoms with Crippen LogP contribution < -0.4 is 15.0 Å². The third-order valence-corrected chi connectivity index (χ3v) is 4.25. The maximum absolute atomic E-state index is 12.4. The van der Waals surface area contributed by atoms with Crippen molar-refractivity contribution in [3.8, 4) is 5.75 Å². The zero-order valence-corrected chi connectivity index (χ0v) is 16.5. The first-order valence-corrected chi connectivity index (χ1v) is 9.32. The van der Waals surface area contributed by atoms with Crippen LogP contribution in [0.5, 0.6) is 5.75 Å². The van der Waals surface area contributed by atoms with Crippen molar-refractivity contribution >= 4 is 23.2 Å². The average molecular weight is 368 g/mol. The van der Waals surface area contributed by atoms with Crippen molar-refractivity contribution in [3.05, 3.63) is 54.1 Å². The summed E-state index contributed by atoms with van der Waals surface area (Å²) in [4.78, 5) is 26.3. The number of ether oxygens (including phenoxy) is 1. The van der Waals surface area contributed by atoms with Gasteiger partial charge in [-0.2, -0.15) is 0 Å². The normalized spacial score (nSPS) is 10.6. The van der Waals surface area contributed by atoms with E-state index < -0.39 is 0 Å². The molecule has 144 valence electrons. The minimum atomic E-state index is -0.157. The summed E-state index contributed by atoms with van der Waals surface area (Å²) in [6.07, 6.45) is 0.201. The van der Waals surface area contributed by atoms with Crippen LogP contribution >= 0.6 is 0 Å². The van der Waals surface area contributed by atoms with Crippen LogP contribution in [0.2, 0.25) is 0 Å². The first kappa shape index (κ1) is 20.5. The van der Waals surface area contributed by atoms with E-state index in [0.717, 1.165) is 11.3 Å². The Morgan fingerprint density at radius 2 is 1.74 bits per heavy atom. The molecule has 0 radical (unpaired) electrons. The monoisotopic (exact) mass is 368 g/mol. The number of carbonyl (C=O) groups is 2. The fourth-order valence-electron chi connectivity index (χ4n) is 2.95. The Labute approximate surface area is 161 Å². The van der Waals surface area contributed by atoms with Crippen LogP contribution in [-0.4, -0.2) is 25.0 Å². The molecule has 0 unspecified atom stereocenters. The Balaban J connectivity index is 2.09. The van der Waals surface area contributed by atoms with Crippen molar-refractivity contribution in [3.63, 3.8) is 0 Å². The number of hydrogen-bond acceptors (Lipinski definition) is 3. The molecule has 0 bridgehead atoms. The fourth-order valence-corrected chi connectivity index (χ4v) is 2.95. The molecule has 2 aromatic rings. The molecule has 27 heavy (non-hydrogen) atoms. The molecule has 1 N–H and O–H groups in total. The zero-order chi connectivity index (χ0) is 19.8. The van der Waals surface area contributed by atoms with Crippen molar-refractivity contribution in [2.45, 2.75) is 40.0 Å². The zero-order valence-electron chi connectivity index (χ0n) is 16.5. The summed E-state index contributed by atoms with van der Waals surface area (Å²) in [5.74, 6) is 0.693. The second-order valence-electron chi connectivity index (χ2n) is 6.61. The Morgan fingerprint density at radius 1 is 1.07 bits per heavy atom. The van der Waals surface area contributed by atoms with Crippen molar-refractivity contribution in [1.29, 1.82) is 0 Å². The topological polar surface area (TPSA) is 58.6 Å². The van der Waals surface area contributed by atoms with Crippen LogP contribution in [0.15, 0.2) is 48.5 Å².